The van der Waals surface area contributed by atoms with Crippen molar-refractivity contribution in [3.05, 3.63) is 34.3 Å². The molecule has 1 atom stereocenters. The number of likely N-dealkylation sites (tertiary alicyclic amines) is 1. The number of halogens is 1. The zero-order chi connectivity index (χ0) is 13.7. The zero-order valence-corrected chi connectivity index (χ0v) is 13.0. The molecule has 2 rings (SSSR count). The number of hydrogen-bond donors (Lipinski definition) is 1. The second-order valence-corrected chi connectivity index (χ2v) is 6.11. The number of benzene rings is 1. The van der Waals surface area contributed by atoms with Crippen molar-refractivity contribution in [3.8, 4) is 12.3 Å². The molecule has 0 bridgehead atoms. The van der Waals surface area contributed by atoms with E-state index < -0.39 is 0 Å². The van der Waals surface area contributed by atoms with Gasteiger partial charge in [0.25, 0.3) is 0 Å². The molecule has 19 heavy (non-hydrogen) atoms. The van der Waals surface area contributed by atoms with Crippen LogP contribution in [0.2, 0.25) is 0 Å². The van der Waals surface area contributed by atoms with Crippen LogP contribution in [-0.2, 0) is 0 Å². The van der Waals surface area contributed by atoms with Crippen molar-refractivity contribution >= 4 is 15.9 Å². The average Bonchev–Trinajstić information content (AvgIpc) is 2.42. The lowest BCUT2D eigenvalue weighted by molar-refractivity contribution is 0.211. The van der Waals surface area contributed by atoms with Crippen LogP contribution >= 0.6 is 15.9 Å². The smallest absolute Gasteiger partial charge is 0.0598 e. The normalized spacial score (nSPS) is 19.0. The lowest BCUT2D eigenvalue weighted by Gasteiger charge is -2.33. The summed E-state index contributed by atoms with van der Waals surface area (Å²) in [6, 6.07) is 9.56. The fraction of sp³-hybridized carbons (Fsp3) is 0.500. The van der Waals surface area contributed by atoms with E-state index in [1.54, 1.807) is 0 Å². The third-order valence-electron chi connectivity index (χ3n) is 3.76. The van der Waals surface area contributed by atoms with Crippen molar-refractivity contribution in [2.24, 2.45) is 0 Å². The average molecular weight is 321 g/mol. The molecule has 0 saturated carbocycles. The minimum Gasteiger partial charge on any atom is -0.307 e. The van der Waals surface area contributed by atoms with Crippen LogP contribution in [0.4, 0.5) is 0 Å². The van der Waals surface area contributed by atoms with Crippen LogP contribution in [0.25, 0.3) is 0 Å². The highest BCUT2D eigenvalue weighted by molar-refractivity contribution is 9.10. The Morgan fingerprint density at radius 1 is 1.37 bits per heavy atom. The molecular weight excluding hydrogens is 300 g/mol. The van der Waals surface area contributed by atoms with Crippen molar-refractivity contribution in [2.45, 2.75) is 31.8 Å². The third kappa shape index (κ3) is 4.35. The molecule has 0 spiro atoms. The van der Waals surface area contributed by atoms with E-state index in [-0.39, 0.29) is 0 Å². The van der Waals surface area contributed by atoms with Gasteiger partial charge in [0, 0.05) is 29.6 Å². The number of terminal acetylenes is 1. The Morgan fingerprint density at radius 3 is 2.58 bits per heavy atom. The Hall–Kier alpha value is -0.820. The first-order valence-electron chi connectivity index (χ1n) is 6.86. The van der Waals surface area contributed by atoms with Crippen molar-refractivity contribution in [2.75, 3.05) is 19.6 Å². The molecule has 1 aliphatic heterocycles. The molecule has 0 radical (unpaired) electrons. The molecule has 1 aliphatic rings. The van der Waals surface area contributed by atoms with Crippen molar-refractivity contribution in [3.63, 3.8) is 0 Å². The highest BCUT2D eigenvalue weighted by Crippen LogP contribution is 2.19. The van der Waals surface area contributed by atoms with Crippen LogP contribution in [0.1, 0.15) is 31.4 Å². The summed E-state index contributed by atoms with van der Waals surface area (Å²) in [5.41, 5.74) is 1.34. The van der Waals surface area contributed by atoms with Crippen LogP contribution < -0.4 is 5.32 Å². The summed E-state index contributed by atoms with van der Waals surface area (Å²) in [5, 5.41) is 3.72. The van der Waals surface area contributed by atoms with Gasteiger partial charge in [-0.3, -0.25) is 4.90 Å². The zero-order valence-electron chi connectivity index (χ0n) is 11.4. The minimum absolute atomic E-state index is 0.400. The van der Waals surface area contributed by atoms with Gasteiger partial charge in [-0.25, -0.2) is 0 Å². The largest absolute Gasteiger partial charge is 0.307 e. The van der Waals surface area contributed by atoms with Crippen LogP contribution in [0.3, 0.4) is 0 Å². The van der Waals surface area contributed by atoms with Gasteiger partial charge in [0.15, 0.2) is 0 Å². The summed E-state index contributed by atoms with van der Waals surface area (Å²) in [6.45, 7) is 5.23. The molecule has 1 heterocycles. The molecule has 0 aromatic heterocycles. The van der Waals surface area contributed by atoms with Gasteiger partial charge < -0.3 is 5.32 Å². The maximum absolute atomic E-state index is 5.35. The second-order valence-electron chi connectivity index (χ2n) is 5.19. The molecule has 0 aliphatic carbocycles. The van der Waals surface area contributed by atoms with Gasteiger partial charge in [0.05, 0.1) is 6.54 Å². The van der Waals surface area contributed by atoms with E-state index in [1.807, 2.05) is 0 Å². The lowest BCUT2D eigenvalue weighted by atomic mass is 10.0. The van der Waals surface area contributed by atoms with Crippen LogP contribution in [-0.4, -0.2) is 30.6 Å². The van der Waals surface area contributed by atoms with Gasteiger partial charge in [-0.15, -0.1) is 6.42 Å². The van der Waals surface area contributed by atoms with Gasteiger partial charge in [-0.1, -0.05) is 34.0 Å². The standard InChI is InChI=1S/C16H21BrN2/c1-3-10-19-11-8-16(9-12-19)18-13(2)14-4-6-15(17)7-5-14/h1,4-7,13,16,18H,8-12H2,2H3/t13-/m0/s1. The van der Waals surface area contributed by atoms with E-state index in [4.69, 9.17) is 6.42 Å². The maximum Gasteiger partial charge on any atom is 0.0598 e. The number of rotatable bonds is 4. The van der Waals surface area contributed by atoms with E-state index in [0.717, 1.165) is 24.1 Å². The molecule has 1 aromatic rings. The topological polar surface area (TPSA) is 15.3 Å². The van der Waals surface area contributed by atoms with Crippen molar-refractivity contribution in [1.29, 1.82) is 0 Å². The highest BCUT2D eigenvalue weighted by Gasteiger charge is 2.20. The van der Waals surface area contributed by atoms with Gasteiger partial charge in [-0.05, 0) is 37.5 Å². The monoisotopic (exact) mass is 320 g/mol. The first-order valence-corrected chi connectivity index (χ1v) is 7.65. The second kappa shape index (κ2) is 7.09. The summed E-state index contributed by atoms with van der Waals surface area (Å²) in [6.07, 6.45) is 7.72. The molecule has 3 heteroatoms. The third-order valence-corrected chi connectivity index (χ3v) is 4.29. The molecule has 1 saturated heterocycles. The Morgan fingerprint density at radius 2 is 2.00 bits per heavy atom. The first-order chi connectivity index (χ1) is 9.19. The predicted octanol–water partition coefficient (Wildman–Crippen LogP) is 3.20. The molecule has 1 N–H and O–H groups in total. The molecular formula is C16H21BrN2. The number of piperidine rings is 1. The Kier molecular flexibility index (Phi) is 5.45. The molecule has 2 nitrogen and oxygen atoms in total. The van der Waals surface area contributed by atoms with E-state index >= 15 is 0 Å². The summed E-state index contributed by atoms with van der Waals surface area (Å²) < 4.78 is 1.13. The van der Waals surface area contributed by atoms with Gasteiger partial charge in [0.2, 0.25) is 0 Å². The van der Waals surface area contributed by atoms with Crippen LogP contribution in [0, 0.1) is 12.3 Å². The van der Waals surface area contributed by atoms with Crippen molar-refractivity contribution in [1.82, 2.24) is 10.2 Å². The minimum atomic E-state index is 0.400. The lowest BCUT2D eigenvalue weighted by Crippen LogP contribution is -2.43. The number of hydrogen-bond acceptors (Lipinski definition) is 2. The predicted molar refractivity (Wildman–Crippen MR) is 84.0 cm³/mol. The SMILES string of the molecule is C#CCN1CCC(N[C@@H](C)c2ccc(Br)cc2)CC1. The quantitative estimate of drug-likeness (QED) is 0.857. The fourth-order valence-corrected chi connectivity index (χ4v) is 2.85. The van der Waals surface area contributed by atoms with Crippen molar-refractivity contribution < 1.29 is 0 Å². The molecule has 1 fully saturated rings. The summed E-state index contributed by atoms with van der Waals surface area (Å²) in [4.78, 5) is 2.35. The van der Waals surface area contributed by atoms with Crippen LogP contribution in [0.15, 0.2) is 28.7 Å². The number of nitrogens with one attached hydrogen (secondary N) is 1. The summed E-state index contributed by atoms with van der Waals surface area (Å²) in [5.74, 6) is 2.73. The molecule has 0 unspecified atom stereocenters. The Labute approximate surface area is 124 Å². The molecule has 1 aromatic carbocycles. The Balaban J connectivity index is 1.82. The maximum atomic E-state index is 5.35. The molecule has 0 amide bonds. The van der Waals surface area contributed by atoms with E-state index in [2.05, 4.69) is 63.3 Å². The Bertz CT molecular complexity index is 427. The van der Waals surface area contributed by atoms with Gasteiger partial charge >= 0.3 is 0 Å². The van der Waals surface area contributed by atoms with E-state index in [1.165, 1.54) is 18.4 Å². The van der Waals surface area contributed by atoms with E-state index in [9.17, 15) is 0 Å². The molecule has 102 valence electrons. The number of nitrogens with zero attached hydrogens (tertiary/aromatic N) is 1. The first kappa shape index (κ1) is 14.6. The highest BCUT2D eigenvalue weighted by atomic mass is 79.9. The van der Waals surface area contributed by atoms with Crippen LogP contribution in [0.5, 0.6) is 0 Å². The summed E-state index contributed by atoms with van der Waals surface area (Å²) >= 11 is 3.47. The fourth-order valence-electron chi connectivity index (χ4n) is 2.59. The van der Waals surface area contributed by atoms with E-state index in [0.29, 0.717) is 12.1 Å². The van der Waals surface area contributed by atoms with Gasteiger partial charge in [0.1, 0.15) is 0 Å². The summed E-state index contributed by atoms with van der Waals surface area (Å²) in [7, 11) is 0. The van der Waals surface area contributed by atoms with Gasteiger partial charge in [-0.2, -0.15) is 0 Å².